The molecule has 1 aliphatic rings. The maximum Gasteiger partial charge on any atom is 0.357 e. The third-order valence-electron chi connectivity index (χ3n) is 5.02. The molecule has 0 bridgehead atoms. The first-order valence-corrected chi connectivity index (χ1v) is 9.69. The second-order valence-electron chi connectivity index (χ2n) is 6.60. The first-order chi connectivity index (χ1) is 13.5. The topological polar surface area (TPSA) is 101 Å². The SMILES string of the molecule is Cn1c(=O)n(CC(=O)N2CCN(c3scnc3C(=O)O)CC2)c2ccccc21. The van der Waals surface area contributed by atoms with Gasteiger partial charge in [0.25, 0.3) is 0 Å². The molecule has 146 valence electrons. The second-order valence-corrected chi connectivity index (χ2v) is 7.43. The van der Waals surface area contributed by atoms with E-state index in [4.69, 9.17) is 0 Å². The van der Waals surface area contributed by atoms with E-state index in [-0.39, 0.29) is 23.8 Å². The lowest BCUT2D eigenvalue weighted by Crippen LogP contribution is -2.50. The number of benzene rings is 1. The fourth-order valence-electron chi connectivity index (χ4n) is 3.52. The van der Waals surface area contributed by atoms with Crippen LogP contribution in [0.15, 0.2) is 34.6 Å². The maximum absolute atomic E-state index is 12.8. The lowest BCUT2D eigenvalue weighted by molar-refractivity contribution is -0.132. The monoisotopic (exact) mass is 401 g/mol. The summed E-state index contributed by atoms with van der Waals surface area (Å²) in [6.45, 7) is 1.98. The van der Waals surface area contributed by atoms with Gasteiger partial charge in [-0.15, -0.1) is 11.3 Å². The average molecular weight is 401 g/mol. The lowest BCUT2D eigenvalue weighted by atomic mass is 10.3. The molecule has 10 heteroatoms. The highest BCUT2D eigenvalue weighted by Gasteiger charge is 2.26. The molecule has 0 unspecified atom stereocenters. The normalized spacial score (nSPS) is 14.6. The van der Waals surface area contributed by atoms with Crippen molar-refractivity contribution in [2.45, 2.75) is 6.54 Å². The van der Waals surface area contributed by atoms with Gasteiger partial charge in [0.2, 0.25) is 5.91 Å². The van der Waals surface area contributed by atoms with Gasteiger partial charge in [-0.3, -0.25) is 13.9 Å². The third-order valence-corrected chi connectivity index (χ3v) is 5.90. The van der Waals surface area contributed by atoms with E-state index >= 15 is 0 Å². The summed E-state index contributed by atoms with van der Waals surface area (Å²) in [6.07, 6.45) is 0. The Morgan fingerprint density at radius 2 is 1.82 bits per heavy atom. The maximum atomic E-state index is 12.8. The number of fused-ring (bicyclic) bond motifs is 1. The Labute approximate surface area is 164 Å². The van der Waals surface area contributed by atoms with E-state index in [0.717, 1.165) is 11.0 Å². The highest BCUT2D eigenvalue weighted by Crippen LogP contribution is 2.26. The summed E-state index contributed by atoms with van der Waals surface area (Å²) in [7, 11) is 1.69. The Hall–Kier alpha value is -3.14. The quantitative estimate of drug-likeness (QED) is 0.695. The molecule has 0 saturated carbocycles. The first-order valence-electron chi connectivity index (χ1n) is 8.81. The Balaban J connectivity index is 1.47. The number of para-hydroxylation sites is 2. The van der Waals surface area contributed by atoms with Crippen molar-refractivity contribution >= 4 is 39.2 Å². The summed E-state index contributed by atoms with van der Waals surface area (Å²) in [5.74, 6) is -1.18. The summed E-state index contributed by atoms with van der Waals surface area (Å²) in [5.41, 5.74) is 2.87. The Bertz CT molecular complexity index is 1110. The molecule has 0 radical (unpaired) electrons. The Kier molecular flexibility index (Phi) is 4.63. The van der Waals surface area contributed by atoms with Crippen LogP contribution in [-0.4, -0.2) is 62.2 Å². The molecule has 3 aromatic rings. The van der Waals surface area contributed by atoms with E-state index in [9.17, 15) is 19.5 Å². The number of carbonyl (C=O) groups excluding carboxylic acids is 1. The number of aryl methyl sites for hydroxylation is 1. The van der Waals surface area contributed by atoms with Gasteiger partial charge in [0, 0.05) is 33.2 Å². The zero-order valence-electron chi connectivity index (χ0n) is 15.2. The van der Waals surface area contributed by atoms with Gasteiger partial charge in [-0.25, -0.2) is 14.6 Å². The predicted molar refractivity (Wildman–Crippen MR) is 105 cm³/mol. The molecular formula is C18H19N5O4S. The molecule has 1 fully saturated rings. The smallest absolute Gasteiger partial charge is 0.357 e. The van der Waals surface area contributed by atoms with Crippen LogP contribution in [0, 0.1) is 0 Å². The minimum atomic E-state index is -1.05. The average Bonchev–Trinajstić information content (AvgIpc) is 3.29. The molecule has 2 aromatic heterocycles. The van der Waals surface area contributed by atoms with Gasteiger partial charge in [0.15, 0.2) is 5.69 Å². The van der Waals surface area contributed by atoms with Gasteiger partial charge >= 0.3 is 11.7 Å². The molecule has 0 atom stereocenters. The Morgan fingerprint density at radius 1 is 1.14 bits per heavy atom. The van der Waals surface area contributed by atoms with Gasteiger partial charge in [-0.2, -0.15) is 0 Å². The van der Waals surface area contributed by atoms with Crippen LogP contribution >= 0.6 is 11.3 Å². The lowest BCUT2D eigenvalue weighted by Gasteiger charge is -2.35. The molecule has 0 aliphatic carbocycles. The number of nitrogens with zero attached hydrogens (tertiary/aromatic N) is 5. The van der Waals surface area contributed by atoms with E-state index in [1.54, 1.807) is 11.9 Å². The van der Waals surface area contributed by atoms with E-state index in [1.165, 1.54) is 26.0 Å². The number of imidazole rings is 1. The summed E-state index contributed by atoms with van der Waals surface area (Å²) < 4.78 is 3.04. The largest absolute Gasteiger partial charge is 0.476 e. The number of aromatic nitrogens is 3. The molecule has 1 N–H and O–H groups in total. The zero-order valence-corrected chi connectivity index (χ0v) is 16.1. The second kappa shape index (κ2) is 7.12. The minimum absolute atomic E-state index is 0.0128. The number of aromatic carboxylic acids is 1. The molecule has 1 amide bonds. The number of hydrogen-bond donors (Lipinski definition) is 1. The molecule has 1 aromatic carbocycles. The summed E-state index contributed by atoms with van der Waals surface area (Å²) in [5, 5.41) is 9.84. The molecule has 0 spiro atoms. The van der Waals surface area contributed by atoms with Crippen molar-refractivity contribution in [1.29, 1.82) is 0 Å². The van der Waals surface area contributed by atoms with Crippen LogP contribution in [0.2, 0.25) is 0 Å². The van der Waals surface area contributed by atoms with E-state index in [1.807, 2.05) is 29.2 Å². The van der Waals surface area contributed by atoms with Crippen LogP contribution in [0.25, 0.3) is 11.0 Å². The summed E-state index contributed by atoms with van der Waals surface area (Å²) in [4.78, 5) is 44.1. The molecule has 9 nitrogen and oxygen atoms in total. The van der Waals surface area contributed by atoms with Crippen LogP contribution in [-0.2, 0) is 18.4 Å². The number of carboxylic acids is 1. The molecule has 28 heavy (non-hydrogen) atoms. The van der Waals surface area contributed by atoms with E-state index in [0.29, 0.717) is 31.2 Å². The van der Waals surface area contributed by atoms with E-state index in [2.05, 4.69) is 4.98 Å². The van der Waals surface area contributed by atoms with Crippen LogP contribution in [0.1, 0.15) is 10.5 Å². The highest BCUT2D eigenvalue weighted by atomic mass is 32.1. The molecular weight excluding hydrogens is 382 g/mol. The van der Waals surface area contributed by atoms with Crippen molar-refractivity contribution in [2.24, 2.45) is 7.05 Å². The predicted octanol–water partition coefficient (Wildman–Crippen LogP) is 0.843. The van der Waals surface area contributed by atoms with Gasteiger partial charge < -0.3 is 14.9 Å². The van der Waals surface area contributed by atoms with Gasteiger partial charge in [-0.05, 0) is 12.1 Å². The molecule has 1 aliphatic heterocycles. The number of carbonyl (C=O) groups is 2. The first kappa shape index (κ1) is 18.2. The molecule has 1 saturated heterocycles. The van der Waals surface area contributed by atoms with Crippen LogP contribution < -0.4 is 10.6 Å². The number of carboxylic acid groups (broad SMARTS) is 1. The van der Waals surface area contributed by atoms with Crippen molar-refractivity contribution in [3.63, 3.8) is 0 Å². The number of rotatable bonds is 4. The van der Waals surface area contributed by atoms with Crippen molar-refractivity contribution in [3.05, 3.63) is 46.0 Å². The van der Waals surface area contributed by atoms with Crippen molar-refractivity contribution in [1.82, 2.24) is 19.0 Å². The standard InChI is InChI=1S/C18H19N5O4S/c1-20-12-4-2-3-5-13(12)23(18(20)27)10-14(24)21-6-8-22(9-7-21)16-15(17(25)26)19-11-28-16/h2-5,11H,6-10H2,1H3,(H,25,26). The zero-order chi connectivity index (χ0) is 19.8. The fraction of sp³-hybridized carbons (Fsp3) is 0.333. The van der Waals surface area contributed by atoms with Crippen molar-refractivity contribution in [2.75, 3.05) is 31.1 Å². The third kappa shape index (κ3) is 3.05. The summed E-state index contributed by atoms with van der Waals surface area (Å²) in [6, 6.07) is 7.39. The van der Waals surface area contributed by atoms with Crippen molar-refractivity contribution in [3.8, 4) is 0 Å². The van der Waals surface area contributed by atoms with E-state index < -0.39 is 5.97 Å². The number of amides is 1. The van der Waals surface area contributed by atoms with Crippen LogP contribution in [0.4, 0.5) is 5.00 Å². The number of hydrogen-bond acceptors (Lipinski definition) is 6. The highest BCUT2D eigenvalue weighted by molar-refractivity contribution is 7.14. The molecule has 4 rings (SSSR count). The van der Waals surface area contributed by atoms with Gasteiger partial charge in [0.1, 0.15) is 11.5 Å². The van der Waals surface area contributed by atoms with Gasteiger partial charge in [0.05, 0.1) is 16.5 Å². The fourth-order valence-corrected chi connectivity index (χ4v) is 4.36. The molecule has 3 heterocycles. The van der Waals surface area contributed by atoms with Gasteiger partial charge in [-0.1, -0.05) is 12.1 Å². The number of anilines is 1. The minimum Gasteiger partial charge on any atom is -0.476 e. The van der Waals surface area contributed by atoms with Crippen LogP contribution in [0.3, 0.4) is 0 Å². The van der Waals surface area contributed by atoms with Crippen molar-refractivity contribution < 1.29 is 14.7 Å². The van der Waals surface area contributed by atoms with Crippen LogP contribution in [0.5, 0.6) is 0 Å². The Morgan fingerprint density at radius 3 is 2.50 bits per heavy atom. The number of piperazine rings is 1. The summed E-state index contributed by atoms with van der Waals surface area (Å²) >= 11 is 1.29. The number of thiazole rings is 1.